The number of carbonyl (C=O) groups excluding carboxylic acids is 1. The Morgan fingerprint density at radius 1 is 1.20 bits per heavy atom. The normalized spacial score (nSPS) is 10.9. The van der Waals surface area contributed by atoms with Crippen LogP contribution in [0.2, 0.25) is 0 Å². The van der Waals surface area contributed by atoms with Crippen LogP contribution in [0, 0.1) is 5.82 Å². The molecule has 0 saturated heterocycles. The van der Waals surface area contributed by atoms with Crippen LogP contribution < -0.4 is 15.8 Å². The highest BCUT2D eigenvalue weighted by Crippen LogP contribution is 2.28. The molecule has 8 heteroatoms. The number of aromatic nitrogens is 3. The van der Waals surface area contributed by atoms with Crippen LogP contribution in [0.5, 0.6) is 5.88 Å². The number of amides is 1. The van der Waals surface area contributed by atoms with Gasteiger partial charge in [-0.2, -0.15) is 5.10 Å². The Morgan fingerprint density at radius 3 is 2.73 bits per heavy atom. The molecule has 0 aliphatic heterocycles. The predicted molar refractivity (Wildman–Crippen MR) is 112 cm³/mol. The fourth-order valence-corrected chi connectivity index (χ4v) is 3.28. The van der Waals surface area contributed by atoms with Crippen molar-refractivity contribution in [2.75, 3.05) is 19.0 Å². The molecule has 0 radical (unpaired) electrons. The number of anilines is 1. The van der Waals surface area contributed by atoms with Crippen LogP contribution in [0.1, 0.15) is 15.9 Å². The third kappa shape index (κ3) is 3.80. The molecule has 0 saturated carbocycles. The van der Waals surface area contributed by atoms with Crippen molar-refractivity contribution in [2.24, 2.45) is 5.73 Å². The van der Waals surface area contributed by atoms with Crippen molar-refractivity contribution in [2.45, 2.75) is 6.42 Å². The highest BCUT2D eigenvalue weighted by atomic mass is 19.1. The standard InChI is InChI=1S/C22H20FN5O2/c1-30-20-7-6-15(11-26-20)16-10-19-21(17(22(24)29)12-27-28(19)13-16)25-9-8-14-4-2-3-5-18(14)23/h2-7,10-13,25H,8-9H2,1H3,(H2,24,29). The molecular formula is C22H20FN5O2. The number of nitrogens with one attached hydrogen (secondary N) is 1. The summed E-state index contributed by atoms with van der Waals surface area (Å²) in [6, 6.07) is 12.2. The number of nitrogens with two attached hydrogens (primary N) is 1. The Morgan fingerprint density at radius 2 is 2.03 bits per heavy atom. The van der Waals surface area contributed by atoms with Gasteiger partial charge in [-0.3, -0.25) is 4.79 Å². The summed E-state index contributed by atoms with van der Waals surface area (Å²) >= 11 is 0. The smallest absolute Gasteiger partial charge is 0.252 e. The molecule has 0 fully saturated rings. The van der Waals surface area contributed by atoms with E-state index in [0.717, 1.165) is 11.1 Å². The number of hydrogen-bond acceptors (Lipinski definition) is 5. The van der Waals surface area contributed by atoms with Gasteiger partial charge in [0.15, 0.2) is 0 Å². The van der Waals surface area contributed by atoms with Crippen LogP contribution in [-0.2, 0) is 6.42 Å². The zero-order valence-corrected chi connectivity index (χ0v) is 16.3. The summed E-state index contributed by atoms with van der Waals surface area (Å²) in [5.74, 6) is -0.328. The molecule has 1 aromatic carbocycles. The van der Waals surface area contributed by atoms with E-state index in [2.05, 4.69) is 15.4 Å². The third-order valence-corrected chi connectivity index (χ3v) is 4.84. The van der Waals surface area contributed by atoms with Crippen molar-refractivity contribution in [3.63, 3.8) is 0 Å². The summed E-state index contributed by atoms with van der Waals surface area (Å²) in [4.78, 5) is 16.2. The number of ether oxygens (including phenoxy) is 1. The topological polar surface area (TPSA) is 94.5 Å². The van der Waals surface area contributed by atoms with Gasteiger partial charge in [0.05, 0.1) is 30.1 Å². The number of nitrogens with zero attached hydrogens (tertiary/aromatic N) is 3. The summed E-state index contributed by atoms with van der Waals surface area (Å²) in [6.07, 6.45) is 5.42. The first-order valence-electron chi connectivity index (χ1n) is 9.35. The molecule has 3 N–H and O–H groups in total. The number of carbonyl (C=O) groups is 1. The fraction of sp³-hybridized carbons (Fsp3) is 0.136. The van der Waals surface area contributed by atoms with Gasteiger partial charge in [0.1, 0.15) is 5.82 Å². The van der Waals surface area contributed by atoms with Gasteiger partial charge in [-0.25, -0.2) is 13.9 Å². The number of halogens is 1. The summed E-state index contributed by atoms with van der Waals surface area (Å²) in [6.45, 7) is 0.422. The van der Waals surface area contributed by atoms with Gasteiger partial charge < -0.3 is 15.8 Å². The maximum Gasteiger partial charge on any atom is 0.252 e. The molecule has 0 aliphatic rings. The molecule has 0 bridgehead atoms. The molecular weight excluding hydrogens is 385 g/mol. The number of rotatable bonds is 7. The lowest BCUT2D eigenvalue weighted by molar-refractivity contribution is 0.100. The number of fused-ring (bicyclic) bond motifs is 1. The van der Waals surface area contributed by atoms with E-state index in [1.54, 1.807) is 42.1 Å². The van der Waals surface area contributed by atoms with Crippen molar-refractivity contribution < 1.29 is 13.9 Å². The third-order valence-electron chi connectivity index (χ3n) is 4.84. The van der Waals surface area contributed by atoms with E-state index in [4.69, 9.17) is 10.5 Å². The molecule has 7 nitrogen and oxygen atoms in total. The summed E-state index contributed by atoms with van der Waals surface area (Å²) in [5.41, 5.74) is 9.40. The number of benzene rings is 1. The van der Waals surface area contributed by atoms with Crippen molar-refractivity contribution in [3.05, 3.63) is 78.0 Å². The van der Waals surface area contributed by atoms with Gasteiger partial charge in [0, 0.05) is 36.1 Å². The molecule has 1 amide bonds. The van der Waals surface area contributed by atoms with Crippen LogP contribution in [0.15, 0.2) is 61.1 Å². The van der Waals surface area contributed by atoms with Gasteiger partial charge in [-0.05, 0) is 30.2 Å². The lowest BCUT2D eigenvalue weighted by Crippen LogP contribution is -2.17. The minimum Gasteiger partial charge on any atom is -0.481 e. The van der Waals surface area contributed by atoms with Crippen molar-refractivity contribution >= 4 is 17.1 Å². The van der Waals surface area contributed by atoms with Gasteiger partial charge in [-0.15, -0.1) is 0 Å². The largest absolute Gasteiger partial charge is 0.481 e. The Labute approximate surface area is 172 Å². The molecule has 152 valence electrons. The average molecular weight is 405 g/mol. The number of hydrogen-bond donors (Lipinski definition) is 2. The summed E-state index contributed by atoms with van der Waals surface area (Å²) < 4.78 is 20.7. The first kappa shape index (κ1) is 19.4. The van der Waals surface area contributed by atoms with Crippen molar-refractivity contribution in [1.82, 2.24) is 14.6 Å². The molecule has 3 aromatic heterocycles. The second-order valence-corrected chi connectivity index (χ2v) is 6.71. The quantitative estimate of drug-likeness (QED) is 0.492. The number of methoxy groups -OCH3 is 1. The van der Waals surface area contributed by atoms with E-state index in [0.29, 0.717) is 35.6 Å². The maximum atomic E-state index is 13.9. The molecule has 0 aliphatic carbocycles. The van der Waals surface area contributed by atoms with E-state index in [1.165, 1.54) is 12.3 Å². The Balaban J connectivity index is 1.67. The number of primary amides is 1. The van der Waals surface area contributed by atoms with Crippen LogP contribution in [0.3, 0.4) is 0 Å². The van der Waals surface area contributed by atoms with Crippen LogP contribution >= 0.6 is 0 Å². The van der Waals surface area contributed by atoms with E-state index < -0.39 is 5.91 Å². The van der Waals surface area contributed by atoms with Gasteiger partial charge in [0.25, 0.3) is 5.91 Å². The van der Waals surface area contributed by atoms with Gasteiger partial charge >= 0.3 is 0 Å². The van der Waals surface area contributed by atoms with E-state index in [-0.39, 0.29) is 11.4 Å². The van der Waals surface area contributed by atoms with Gasteiger partial charge in [-0.1, -0.05) is 18.2 Å². The van der Waals surface area contributed by atoms with Crippen LogP contribution in [-0.4, -0.2) is 34.2 Å². The molecule has 30 heavy (non-hydrogen) atoms. The first-order chi connectivity index (χ1) is 14.6. The summed E-state index contributed by atoms with van der Waals surface area (Å²) in [7, 11) is 1.56. The molecule has 0 unspecified atom stereocenters. The molecule has 0 spiro atoms. The number of pyridine rings is 1. The fourth-order valence-electron chi connectivity index (χ4n) is 3.28. The van der Waals surface area contributed by atoms with E-state index in [1.807, 2.05) is 18.3 Å². The van der Waals surface area contributed by atoms with Crippen LogP contribution in [0.25, 0.3) is 16.6 Å². The Bertz CT molecular complexity index is 1200. The van der Waals surface area contributed by atoms with Gasteiger partial charge in [0.2, 0.25) is 5.88 Å². The lowest BCUT2D eigenvalue weighted by atomic mass is 10.1. The zero-order valence-electron chi connectivity index (χ0n) is 16.3. The second kappa shape index (κ2) is 8.20. The minimum absolute atomic E-state index is 0.258. The van der Waals surface area contributed by atoms with Crippen LogP contribution in [0.4, 0.5) is 10.1 Å². The minimum atomic E-state index is -0.591. The molecule has 3 heterocycles. The maximum absolute atomic E-state index is 13.9. The molecule has 4 aromatic rings. The zero-order chi connectivity index (χ0) is 21.1. The van der Waals surface area contributed by atoms with E-state index in [9.17, 15) is 9.18 Å². The monoisotopic (exact) mass is 405 g/mol. The van der Waals surface area contributed by atoms with Crippen molar-refractivity contribution in [1.29, 1.82) is 0 Å². The van der Waals surface area contributed by atoms with Crippen molar-refractivity contribution in [3.8, 4) is 17.0 Å². The Hall–Kier alpha value is -3.94. The highest BCUT2D eigenvalue weighted by Gasteiger charge is 2.15. The lowest BCUT2D eigenvalue weighted by Gasteiger charge is -2.12. The highest BCUT2D eigenvalue weighted by molar-refractivity contribution is 6.02. The first-order valence-corrected chi connectivity index (χ1v) is 9.35. The van der Waals surface area contributed by atoms with E-state index >= 15 is 0 Å². The summed E-state index contributed by atoms with van der Waals surface area (Å²) in [5, 5.41) is 7.53. The molecule has 0 atom stereocenters. The second-order valence-electron chi connectivity index (χ2n) is 6.71. The SMILES string of the molecule is COc1ccc(-c2cc3c(NCCc4ccccc4F)c(C(N)=O)cnn3c2)cn1. The molecule has 4 rings (SSSR count). The Kier molecular flexibility index (Phi) is 5.30. The average Bonchev–Trinajstić information content (AvgIpc) is 3.19. The predicted octanol–water partition coefficient (Wildman–Crippen LogP) is 3.30.